The normalized spacial score (nSPS) is 16.4. The number of hydrogen-bond acceptors (Lipinski definition) is 6. The van der Waals surface area contributed by atoms with Crippen molar-refractivity contribution in [1.29, 1.82) is 5.26 Å². The molecule has 0 amide bonds. The first-order valence-electron chi connectivity index (χ1n) is 7.69. The minimum absolute atomic E-state index is 0.0504. The number of rotatable bonds is 5. The molecule has 130 valence electrons. The minimum atomic E-state index is -3.71. The molecule has 1 aliphatic heterocycles. The summed E-state index contributed by atoms with van der Waals surface area (Å²) in [7, 11) is -2.29. The molecule has 0 saturated carbocycles. The maximum Gasteiger partial charge on any atom is 0.309 e. The number of ether oxygens (including phenoxy) is 2. The molecule has 1 aromatic rings. The molecule has 0 N–H and O–H groups in total. The quantitative estimate of drug-likeness (QED) is 0.746. The van der Waals surface area contributed by atoms with E-state index in [9.17, 15) is 13.2 Å². The van der Waals surface area contributed by atoms with Gasteiger partial charge in [0.1, 0.15) is 11.8 Å². The molecule has 0 atom stereocenters. The Kier molecular flexibility index (Phi) is 5.80. The van der Waals surface area contributed by atoms with Crippen LogP contribution in [0, 0.1) is 17.2 Å². The van der Waals surface area contributed by atoms with Crippen LogP contribution in [0.4, 0.5) is 0 Å². The molecule has 0 aliphatic carbocycles. The zero-order valence-corrected chi connectivity index (χ0v) is 14.5. The number of nitrogens with zero attached hydrogens (tertiary/aromatic N) is 2. The van der Waals surface area contributed by atoms with Crippen LogP contribution in [-0.2, 0) is 19.6 Å². The fourth-order valence-electron chi connectivity index (χ4n) is 2.68. The molecule has 1 aliphatic rings. The van der Waals surface area contributed by atoms with E-state index in [2.05, 4.69) is 0 Å². The molecule has 1 fully saturated rings. The van der Waals surface area contributed by atoms with E-state index in [4.69, 9.17) is 14.7 Å². The van der Waals surface area contributed by atoms with E-state index < -0.39 is 10.0 Å². The first-order valence-corrected chi connectivity index (χ1v) is 9.13. The molecule has 8 heteroatoms. The predicted molar refractivity (Wildman–Crippen MR) is 85.8 cm³/mol. The topological polar surface area (TPSA) is 96.7 Å². The summed E-state index contributed by atoms with van der Waals surface area (Å²) in [6, 6.07) is 6.13. The van der Waals surface area contributed by atoms with Gasteiger partial charge in [0, 0.05) is 13.1 Å². The van der Waals surface area contributed by atoms with Gasteiger partial charge in [0.15, 0.2) is 0 Å². The fourth-order valence-corrected chi connectivity index (χ4v) is 4.17. The number of methoxy groups -OCH3 is 1. The Bertz CT molecular complexity index is 746. The van der Waals surface area contributed by atoms with Crippen LogP contribution in [0.5, 0.6) is 5.75 Å². The van der Waals surface area contributed by atoms with Crippen LogP contribution >= 0.6 is 0 Å². The van der Waals surface area contributed by atoms with Gasteiger partial charge in [0.25, 0.3) is 0 Å². The molecule has 1 aromatic carbocycles. The van der Waals surface area contributed by atoms with Crippen molar-refractivity contribution < 1.29 is 22.7 Å². The monoisotopic (exact) mass is 352 g/mol. The van der Waals surface area contributed by atoms with Gasteiger partial charge in [-0.1, -0.05) is 0 Å². The molecular formula is C16H20N2O5S. The molecule has 0 bridgehead atoms. The molecule has 0 unspecified atom stereocenters. The second kappa shape index (κ2) is 7.64. The van der Waals surface area contributed by atoms with Crippen molar-refractivity contribution in [3.05, 3.63) is 23.8 Å². The number of carbonyl (C=O) groups is 1. The number of nitriles is 1. The van der Waals surface area contributed by atoms with Crippen LogP contribution in [0.15, 0.2) is 23.1 Å². The lowest BCUT2D eigenvalue weighted by atomic mass is 9.98. The maximum absolute atomic E-state index is 12.7. The van der Waals surface area contributed by atoms with Crippen molar-refractivity contribution in [3.63, 3.8) is 0 Å². The zero-order chi connectivity index (χ0) is 17.7. The SMILES string of the molecule is CCOC(=O)C1CCN(S(=O)(=O)c2ccc(OC)c(C#N)c2)CC1. The average Bonchev–Trinajstić information content (AvgIpc) is 2.61. The van der Waals surface area contributed by atoms with Crippen molar-refractivity contribution in [2.75, 3.05) is 26.8 Å². The van der Waals surface area contributed by atoms with E-state index in [1.54, 1.807) is 6.92 Å². The Morgan fingerprint density at radius 3 is 2.58 bits per heavy atom. The number of benzene rings is 1. The Hall–Kier alpha value is -2.11. The lowest BCUT2D eigenvalue weighted by Gasteiger charge is -2.30. The smallest absolute Gasteiger partial charge is 0.309 e. The fraction of sp³-hybridized carbons (Fsp3) is 0.500. The van der Waals surface area contributed by atoms with Crippen molar-refractivity contribution in [2.24, 2.45) is 5.92 Å². The Labute approximate surface area is 141 Å². The number of piperidine rings is 1. The third-order valence-corrected chi connectivity index (χ3v) is 5.90. The highest BCUT2D eigenvalue weighted by Crippen LogP contribution is 2.27. The summed E-state index contributed by atoms with van der Waals surface area (Å²) in [5, 5.41) is 9.11. The van der Waals surface area contributed by atoms with Gasteiger partial charge in [0.2, 0.25) is 10.0 Å². The van der Waals surface area contributed by atoms with Gasteiger partial charge in [-0.2, -0.15) is 9.57 Å². The summed E-state index contributed by atoms with van der Waals surface area (Å²) in [4.78, 5) is 11.8. The molecule has 2 rings (SSSR count). The van der Waals surface area contributed by atoms with Gasteiger partial charge in [-0.25, -0.2) is 8.42 Å². The second-order valence-corrected chi connectivity index (χ2v) is 7.34. The van der Waals surface area contributed by atoms with Gasteiger partial charge in [0.05, 0.1) is 30.1 Å². The van der Waals surface area contributed by atoms with Crippen molar-refractivity contribution in [3.8, 4) is 11.8 Å². The van der Waals surface area contributed by atoms with E-state index >= 15 is 0 Å². The highest BCUT2D eigenvalue weighted by molar-refractivity contribution is 7.89. The minimum Gasteiger partial charge on any atom is -0.495 e. The first-order chi connectivity index (χ1) is 11.4. The summed E-state index contributed by atoms with van der Waals surface area (Å²) < 4.78 is 36.8. The van der Waals surface area contributed by atoms with Crippen molar-refractivity contribution >= 4 is 16.0 Å². The van der Waals surface area contributed by atoms with Gasteiger partial charge in [-0.3, -0.25) is 4.79 Å². The van der Waals surface area contributed by atoms with Gasteiger partial charge < -0.3 is 9.47 Å². The van der Waals surface area contributed by atoms with Crippen molar-refractivity contribution in [2.45, 2.75) is 24.7 Å². The van der Waals surface area contributed by atoms with Crippen LogP contribution < -0.4 is 4.74 Å². The number of sulfonamides is 1. The van der Waals surface area contributed by atoms with Crippen LogP contribution in [0.25, 0.3) is 0 Å². The highest BCUT2D eigenvalue weighted by Gasteiger charge is 2.33. The van der Waals surface area contributed by atoms with Gasteiger partial charge >= 0.3 is 5.97 Å². The van der Waals surface area contributed by atoms with Gasteiger partial charge in [-0.05, 0) is 38.0 Å². The molecule has 0 spiro atoms. The summed E-state index contributed by atoms with van der Waals surface area (Å²) >= 11 is 0. The Morgan fingerprint density at radius 2 is 2.04 bits per heavy atom. The largest absolute Gasteiger partial charge is 0.495 e. The second-order valence-electron chi connectivity index (χ2n) is 5.40. The molecule has 24 heavy (non-hydrogen) atoms. The molecule has 0 aromatic heterocycles. The summed E-state index contributed by atoms with van der Waals surface area (Å²) in [6.07, 6.45) is 0.860. The van der Waals surface area contributed by atoms with Crippen molar-refractivity contribution in [1.82, 2.24) is 4.31 Å². The standard InChI is InChI=1S/C16H20N2O5S/c1-3-23-16(19)12-6-8-18(9-7-12)24(20,21)14-4-5-15(22-2)13(10-14)11-17/h4-5,10,12H,3,6-9H2,1-2H3. The first kappa shape index (κ1) is 18.2. The summed E-state index contributed by atoms with van der Waals surface area (Å²) in [5.41, 5.74) is 0.167. The van der Waals surface area contributed by atoms with Crippen LogP contribution in [0.1, 0.15) is 25.3 Å². The number of hydrogen-bond donors (Lipinski definition) is 0. The Balaban J connectivity index is 2.15. The Morgan fingerprint density at radius 1 is 1.38 bits per heavy atom. The number of carbonyl (C=O) groups excluding carboxylic acids is 1. The molecule has 0 radical (unpaired) electrons. The van der Waals surface area contributed by atoms with E-state index in [1.807, 2.05) is 6.07 Å². The maximum atomic E-state index is 12.7. The van der Waals surface area contributed by atoms with Crippen LogP contribution in [-0.4, -0.2) is 45.5 Å². The van der Waals surface area contributed by atoms with Crippen LogP contribution in [0.3, 0.4) is 0 Å². The molecule has 7 nitrogen and oxygen atoms in total. The molecule has 1 saturated heterocycles. The summed E-state index contributed by atoms with van der Waals surface area (Å²) in [5.74, 6) is -0.204. The average molecular weight is 352 g/mol. The summed E-state index contributed by atoms with van der Waals surface area (Å²) in [6.45, 7) is 2.56. The highest BCUT2D eigenvalue weighted by atomic mass is 32.2. The van der Waals surface area contributed by atoms with E-state index in [1.165, 1.54) is 29.6 Å². The van der Waals surface area contributed by atoms with E-state index in [0.717, 1.165) is 0 Å². The third kappa shape index (κ3) is 3.68. The lowest BCUT2D eigenvalue weighted by molar-refractivity contribution is -0.149. The molecule has 1 heterocycles. The zero-order valence-electron chi connectivity index (χ0n) is 13.7. The predicted octanol–water partition coefficient (Wildman–Crippen LogP) is 1.53. The third-order valence-electron chi connectivity index (χ3n) is 4.00. The molecular weight excluding hydrogens is 332 g/mol. The van der Waals surface area contributed by atoms with E-state index in [-0.39, 0.29) is 35.4 Å². The van der Waals surface area contributed by atoms with Gasteiger partial charge in [-0.15, -0.1) is 0 Å². The number of esters is 1. The lowest BCUT2D eigenvalue weighted by Crippen LogP contribution is -2.40. The van der Waals surface area contributed by atoms with Crippen LogP contribution in [0.2, 0.25) is 0 Å². The van der Waals surface area contributed by atoms with E-state index in [0.29, 0.717) is 25.2 Å².